The molecule has 0 amide bonds. The monoisotopic (exact) mass is 275 g/mol. The van der Waals surface area contributed by atoms with Crippen molar-refractivity contribution >= 4 is 0 Å². The molecule has 0 fully saturated rings. The maximum absolute atomic E-state index is 13.1. The Bertz CT molecular complexity index is 615. The van der Waals surface area contributed by atoms with Crippen molar-refractivity contribution in [3.8, 4) is 5.75 Å². The second-order valence-electron chi connectivity index (χ2n) is 4.96. The van der Waals surface area contributed by atoms with Gasteiger partial charge in [-0.2, -0.15) is 0 Å². The first-order valence-electron chi connectivity index (χ1n) is 6.61. The zero-order valence-corrected chi connectivity index (χ0v) is 10.9. The number of halogens is 2. The van der Waals surface area contributed by atoms with E-state index in [1.165, 1.54) is 24.3 Å². The maximum Gasteiger partial charge on any atom is 0.123 e. The van der Waals surface area contributed by atoms with Gasteiger partial charge in [0.15, 0.2) is 0 Å². The fraction of sp³-hybridized carbons (Fsp3) is 0.250. The van der Waals surface area contributed by atoms with Gasteiger partial charge in [-0.1, -0.05) is 12.1 Å². The van der Waals surface area contributed by atoms with Crippen LogP contribution in [-0.4, -0.2) is 12.6 Å². The molecule has 20 heavy (non-hydrogen) atoms. The van der Waals surface area contributed by atoms with Crippen molar-refractivity contribution in [1.29, 1.82) is 0 Å². The van der Waals surface area contributed by atoms with Crippen LogP contribution >= 0.6 is 0 Å². The van der Waals surface area contributed by atoms with E-state index in [-0.39, 0.29) is 17.7 Å². The summed E-state index contributed by atoms with van der Waals surface area (Å²) in [5.41, 5.74) is 1.80. The van der Waals surface area contributed by atoms with E-state index in [2.05, 4.69) is 5.32 Å². The van der Waals surface area contributed by atoms with Crippen LogP contribution in [0.5, 0.6) is 5.75 Å². The SMILES string of the molecule is Fc1cccc(CNCC2Cc3cc(F)ccc3O2)c1. The average molecular weight is 275 g/mol. The highest BCUT2D eigenvalue weighted by atomic mass is 19.1. The summed E-state index contributed by atoms with van der Waals surface area (Å²) in [6.45, 7) is 1.23. The summed E-state index contributed by atoms with van der Waals surface area (Å²) in [5, 5.41) is 3.23. The average Bonchev–Trinajstić information content (AvgIpc) is 2.80. The molecular formula is C16H15F2NO. The smallest absolute Gasteiger partial charge is 0.123 e. The summed E-state index contributed by atoms with van der Waals surface area (Å²) in [7, 11) is 0. The first kappa shape index (κ1) is 13.1. The van der Waals surface area contributed by atoms with Gasteiger partial charge in [-0.3, -0.25) is 0 Å². The van der Waals surface area contributed by atoms with Gasteiger partial charge in [-0.15, -0.1) is 0 Å². The first-order valence-corrected chi connectivity index (χ1v) is 6.61. The van der Waals surface area contributed by atoms with Gasteiger partial charge >= 0.3 is 0 Å². The molecule has 1 heterocycles. The molecule has 0 aliphatic carbocycles. The summed E-state index contributed by atoms with van der Waals surface area (Å²) < 4.78 is 31.8. The zero-order valence-electron chi connectivity index (χ0n) is 10.9. The number of hydrogen-bond acceptors (Lipinski definition) is 2. The van der Waals surface area contributed by atoms with E-state index in [1.54, 1.807) is 12.1 Å². The molecule has 0 bridgehead atoms. The van der Waals surface area contributed by atoms with E-state index >= 15 is 0 Å². The molecule has 0 saturated carbocycles. The van der Waals surface area contributed by atoms with Gasteiger partial charge in [-0.05, 0) is 35.9 Å². The molecule has 2 nitrogen and oxygen atoms in total. The summed E-state index contributed by atoms with van der Waals surface area (Å²) >= 11 is 0. The lowest BCUT2D eigenvalue weighted by atomic mass is 10.1. The Labute approximate surface area is 116 Å². The summed E-state index contributed by atoms with van der Waals surface area (Å²) in [5.74, 6) is 0.286. The fourth-order valence-corrected chi connectivity index (χ4v) is 2.43. The van der Waals surface area contributed by atoms with Gasteiger partial charge in [-0.25, -0.2) is 8.78 Å². The van der Waals surface area contributed by atoms with Crippen molar-refractivity contribution in [2.24, 2.45) is 0 Å². The van der Waals surface area contributed by atoms with Crippen LogP contribution in [-0.2, 0) is 13.0 Å². The van der Waals surface area contributed by atoms with Crippen LogP contribution in [0.2, 0.25) is 0 Å². The van der Waals surface area contributed by atoms with Gasteiger partial charge in [0.2, 0.25) is 0 Å². The third-order valence-corrected chi connectivity index (χ3v) is 3.35. The van der Waals surface area contributed by atoms with E-state index in [1.807, 2.05) is 6.07 Å². The predicted octanol–water partition coefficient (Wildman–Crippen LogP) is 3.06. The number of ether oxygens (including phenoxy) is 1. The molecule has 0 radical (unpaired) electrons. The van der Waals surface area contributed by atoms with Crippen molar-refractivity contribution in [3.05, 3.63) is 65.2 Å². The third-order valence-electron chi connectivity index (χ3n) is 3.35. The molecule has 0 spiro atoms. The van der Waals surface area contributed by atoms with Crippen LogP contribution in [0.3, 0.4) is 0 Å². The first-order chi connectivity index (χ1) is 9.70. The number of hydrogen-bond donors (Lipinski definition) is 1. The molecule has 3 rings (SSSR count). The predicted molar refractivity (Wildman–Crippen MR) is 72.6 cm³/mol. The molecule has 0 aromatic heterocycles. The van der Waals surface area contributed by atoms with Gasteiger partial charge in [0, 0.05) is 25.1 Å². The van der Waals surface area contributed by atoms with Crippen LogP contribution in [0.1, 0.15) is 11.1 Å². The lowest BCUT2D eigenvalue weighted by molar-refractivity contribution is 0.227. The fourth-order valence-electron chi connectivity index (χ4n) is 2.43. The highest BCUT2D eigenvalue weighted by Gasteiger charge is 2.22. The minimum Gasteiger partial charge on any atom is -0.488 e. The Balaban J connectivity index is 1.51. The summed E-state index contributed by atoms with van der Waals surface area (Å²) in [4.78, 5) is 0. The van der Waals surface area contributed by atoms with E-state index in [0.717, 1.165) is 16.9 Å². The number of fused-ring (bicyclic) bond motifs is 1. The van der Waals surface area contributed by atoms with E-state index in [4.69, 9.17) is 4.74 Å². The Kier molecular flexibility index (Phi) is 3.65. The molecule has 1 aliphatic heterocycles. The minimum absolute atomic E-state index is 0.000333. The van der Waals surface area contributed by atoms with E-state index < -0.39 is 0 Å². The Morgan fingerprint density at radius 2 is 1.95 bits per heavy atom. The minimum atomic E-state index is -0.235. The zero-order chi connectivity index (χ0) is 13.9. The molecular weight excluding hydrogens is 260 g/mol. The van der Waals surface area contributed by atoms with E-state index in [9.17, 15) is 8.78 Å². The molecule has 1 aliphatic rings. The van der Waals surface area contributed by atoms with E-state index in [0.29, 0.717) is 19.5 Å². The molecule has 1 atom stereocenters. The molecule has 2 aromatic carbocycles. The Morgan fingerprint density at radius 1 is 1.10 bits per heavy atom. The third kappa shape index (κ3) is 2.96. The number of nitrogens with one attached hydrogen (secondary N) is 1. The summed E-state index contributed by atoms with van der Waals surface area (Å²) in [6.07, 6.45) is 0.698. The Hall–Kier alpha value is -1.94. The highest BCUT2D eigenvalue weighted by molar-refractivity contribution is 5.37. The highest BCUT2D eigenvalue weighted by Crippen LogP contribution is 2.28. The molecule has 1 N–H and O–H groups in total. The summed E-state index contributed by atoms with van der Waals surface area (Å²) in [6, 6.07) is 11.1. The van der Waals surface area contributed by atoms with Crippen molar-refractivity contribution < 1.29 is 13.5 Å². The lowest BCUT2D eigenvalue weighted by Gasteiger charge is -2.11. The van der Waals surface area contributed by atoms with Gasteiger partial charge in [0.25, 0.3) is 0 Å². The van der Waals surface area contributed by atoms with Crippen LogP contribution < -0.4 is 10.1 Å². The largest absolute Gasteiger partial charge is 0.488 e. The standard InChI is InChI=1S/C16H15F2NO/c17-13-3-1-2-11(6-13)9-19-10-15-8-12-7-14(18)4-5-16(12)20-15/h1-7,15,19H,8-10H2. The molecule has 0 saturated heterocycles. The second kappa shape index (κ2) is 5.59. The number of rotatable bonds is 4. The van der Waals surface area contributed by atoms with Crippen LogP contribution in [0.25, 0.3) is 0 Å². The van der Waals surface area contributed by atoms with Crippen molar-refractivity contribution in [1.82, 2.24) is 5.32 Å². The Morgan fingerprint density at radius 3 is 2.80 bits per heavy atom. The molecule has 4 heteroatoms. The van der Waals surface area contributed by atoms with Crippen LogP contribution in [0, 0.1) is 11.6 Å². The van der Waals surface area contributed by atoms with Gasteiger partial charge in [0.1, 0.15) is 23.5 Å². The topological polar surface area (TPSA) is 21.3 Å². The quantitative estimate of drug-likeness (QED) is 0.926. The van der Waals surface area contributed by atoms with Crippen LogP contribution in [0.4, 0.5) is 8.78 Å². The second-order valence-corrected chi connectivity index (χ2v) is 4.96. The molecule has 1 unspecified atom stereocenters. The van der Waals surface area contributed by atoms with Crippen LogP contribution in [0.15, 0.2) is 42.5 Å². The normalized spacial score (nSPS) is 16.8. The van der Waals surface area contributed by atoms with Crippen molar-refractivity contribution in [2.45, 2.75) is 19.1 Å². The van der Waals surface area contributed by atoms with Crippen molar-refractivity contribution in [2.75, 3.05) is 6.54 Å². The number of benzene rings is 2. The van der Waals surface area contributed by atoms with Gasteiger partial charge < -0.3 is 10.1 Å². The van der Waals surface area contributed by atoms with Crippen molar-refractivity contribution in [3.63, 3.8) is 0 Å². The molecule has 104 valence electrons. The van der Waals surface area contributed by atoms with Gasteiger partial charge in [0.05, 0.1) is 0 Å². The maximum atomic E-state index is 13.1. The lowest BCUT2D eigenvalue weighted by Crippen LogP contribution is -2.29. The molecule has 2 aromatic rings.